The Hall–Kier alpha value is -2.86. The Labute approximate surface area is 153 Å². The number of rotatable bonds is 5. The number of carbonyl (C=O) groups is 1. The maximum atomic E-state index is 12.8. The number of benzene rings is 3. The van der Waals surface area contributed by atoms with Gasteiger partial charge in [-0.2, -0.15) is 0 Å². The lowest BCUT2D eigenvalue weighted by atomic mass is 10.1. The van der Waals surface area contributed by atoms with Gasteiger partial charge in [0, 0.05) is 11.1 Å². The summed E-state index contributed by atoms with van der Waals surface area (Å²) in [5.74, 6) is -0.393. The molecule has 0 aromatic heterocycles. The largest absolute Gasteiger partial charge is 0.324 e. The Morgan fingerprint density at radius 1 is 0.923 bits per heavy atom. The van der Waals surface area contributed by atoms with E-state index >= 15 is 0 Å². The first-order valence-electron chi connectivity index (χ1n) is 8.21. The van der Waals surface area contributed by atoms with Gasteiger partial charge < -0.3 is 5.32 Å². The van der Waals surface area contributed by atoms with Crippen LogP contribution in [-0.2, 0) is 14.8 Å². The number of carbonyl (C=O) groups excluding carboxylic acids is 1. The highest BCUT2D eigenvalue weighted by Crippen LogP contribution is 2.25. The molecule has 3 rings (SSSR count). The minimum Gasteiger partial charge on any atom is -0.324 e. The summed E-state index contributed by atoms with van der Waals surface area (Å²) in [6.45, 7) is 1.58. The zero-order valence-electron chi connectivity index (χ0n) is 14.6. The summed E-state index contributed by atoms with van der Waals surface area (Å²) < 4.78 is 25.7. The molecule has 0 aliphatic heterocycles. The van der Waals surface area contributed by atoms with Crippen LogP contribution in [0, 0.1) is 0 Å². The molecule has 0 unspecified atom stereocenters. The lowest BCUT2D eigenvalue weighted by Crippen LogP contribution is -2.45. The van der Waals surface area contributed by atoms with Crippen LogP contribution >= 0.6 is 0 Å². The third kappa shape index (κ3) is 3.70. The molecule has 6 heteroatoms. The van der Waals surface area contributed by atoms with E-state index in [4.69, 9.17) is 0 Å². The molecule has 0 aliphatic rings. The van der Waals surface area contributed by atoms with Crippen LogP contribution in [0.2, 0.25) is 0 Å². The fraction of sp³-hybridized carbons (Fsp3) is 0.150. The fourth-order valence-electron chi connectivity index (χ4n) is 2.96. The highest BCUT2D eigenvalue weighted by molar-refractivity contribution is 7.92. The summed E-state index contributed by atoms with van der Waals surface area (Å²) in [6, 6.07) is 21.0. The third-order valence-corrected chi connectivity index (χ3v) is 5.39. The molecule has 1 atom stereocenters. The first-order valence-corrected chi connectivity index (χ1v) is 10.1. The van der Waals surface area contributed by atoms with Gasteiger partial charge in [0.2, 0.25) is 15.9 Å². The van der Waals surface area contributed by atoms with Gasteiger partial charge in [-0.15, -0.1) is 0 Å². The van der Waals surface area contributed by atoms with Gasteiger partial charge in [0.25, 0.3) is 0 Å². The predicted octanol–water partition coefficient (Wildman–Crippen LogP) is 3.63. The number of sulfonamides is 1. The normalized spacial score (nSPS) is 12.5. The van der Waals surface area contributed by atoms with Crippen molar-refractivity contribution < 1.29 is 13.2 Å². The molecule has 0 spiro atoms. The van der Waals surface area contributed by atoms with E-state index in [1.54, 1.807) is 43.3 Å². The Morgan fingerprint density at radius 3 is 2.23 bits per heavy atom. The molecule has 1 N–H and O–H groups in total. The van der Waals surface area contributed by atoms with Crippen LogP contribution in [-0.4, -0.2) is 26.6 Å². The van der Waals surface area contributed by atoms with E-state index in [1.165, 1.54) is 0 Å². The molecule has 0 fully saturated rings. The Morgan fingerprint density at radius 2 is 1.54 bits per heavy atom. The number of amides is 1. The van der Waals surface area contributed by atoms with Gasteiger partial charge in [0.1, 0.15) is 6.04 Å². The quantitative estimate of drug-likeness (QED) is 0.748. The minimum absolute atomic E-state index is 0.393. The SMILES string of the molecule is C[C@@H](C(=O)Nc1cccc2ccccc12)N(c1ccccc1)S(C)(=O)=O. The van der Waals surface area contributed by atoms with Gasteiger partial charge in [-0.1, -0.05) is 54.6 Å². The molecule has 134 valence electrons. The van der Waals surface area contributed by atoms with Crippen molar-refractivity contribution in [2.45, 2.75) is 13.0 Å². The zero-order valence-corrected chi connectivity index (χ0v) is 15.4. The molecule has 3 aromatic rings. The molecule has 5 nitrogen and oxygen atoms in total. The summed E-state index contributed by atoms with van der Waals surface area (Å²) in [4.78, 5) is 12.8. The highest BCUT2D eigenvalue weighted by Gasteiger charge is 2.29. The molecular formula is C20H20N2O3S. The van der Waals surface area contributed by atoms with Crippen LogP contribution in [0.5, 0.6) is 0 Å². The fourth-order valence-corrected chi connectivity index (χ4v) is 4.13. The third-order valence-electron chi connectivity index (χ3n) is 4.15. The van der Waals surface area contributed by atoms with E-state index in [1.807, 2.05) is 36.4 Å². The number of nitrogens with zero attached hydrogens (tertiary/aromatic N) is 1. The first kappa shape index (κ1) is 17.9. The Bertz CT molecular complexity index is 1030. The van der Waals surface area contributed by atoms with Crippen LogP contribution < -0.4 is 9.62 Å². The Balaban J connectivity index is 1.92. The number of nitrogens with one attached hydrogen (secondary N) is 1. The van der Waals surface area contributed by atoms with Crippen LogP contribution in [0.25, 0.3) is 10.8 Å². The number of hydrogen-bond donors (Lipinski definition) is 1. The van der Waals surface area contributed by atoms with E-state index < -0.39 is 22.0 Å². The van der Waals surface area contributed by atoms with E-state index in [9.17, 15) is 13.2 Å². The van der Waals surface area contributed by atoms with Crippen LogP contribution in [0.1, 0.15) is 6.92 Å². The topological polar surface area (TPSA) is 66.5 Å². The van der Waals surface area contributed by atoms with Gasteiger partial charge in [-0.3, -0.25) is 9.10 Å². The lowest BCUT2D eigenvalue weighted by molar-refractivity contribution is -0.116. The average Bonchev–Trinajstić information content (AvgIpc) is 2.62. The van der Waals surface area contributed by atoms with Gasteiger partial charge in [-0.05, 0) is 30.5 Å². The molecule has 0 heterocycles. The van der Waals surface area contributed by atoms with Crippen molar-refractivity contribution in [1.29, 1.82) is 0 Å². The van der Waals surface area contributed by atoms with Crippen molar-refractivity contribution in [2.75, 3.05) is 15.9 Å². The minimum atomic E-state index is -3.62. The standard InChI is InChI=1S/C20H20N2O3S/c1-15(22(26(2,24)25)17-11-4-3-5-12-17)20(23)21-19-14-8-10-16-9-6-7-13-18(16)19/h3-15H,1-2H3,(H,21,23)/t15-/m0/s1. The monoisotopic (exact) mass is 368 g/mol. The molecule has 0 saturated carbocycles. The smallest absolute Gasteiger partial charge is 0.248 e. The zero-order chi connectivity index (χ0) is 18.7. The molecule has 0 radical (unpaired) electrons. The summed E-state index contributed by atoms with van der Waals surface area (Å²) in [7, 11) is -3.62. The predicted molar refractivity (Wildman–Crippen MR) is 106 cm³/mol. The Kier molecular flexibility index (Phi) is 4.95. The van der Waals surface area contributed by atoms with Gasteiger partial charge in [0.15, 0.2) is 0 Å². The summed E-state index contributed by atoms with van der Waals surface area (Å²) >= 11 is 0. The summed E-state index contributed by atoms with van der Waals surface area (Å²) in [5.41, 5.74) is 1.11. The van der Waals surface area contributed by atoms with Crippen molar-refractivity contribution in [3.8, 4) is 0 Å². The van der Waals surface area contributed by atoms with Crippen LogP contribution in [0.15, 0.2) is 72.8 Å². The van der Waals surface area contributed by atoms with E-state index in [0.717, 1.165) is 21.3 Å². The number of hydrogen-bond acceptors (Lipinski definition) is 3. The molecule has 0 saturated heterocycles. The molecule has 3 aromatic carbocycles. The molecule has 1 amide bonds. The van der Waals surface area contributed by atoms with E-state index in [2.05, 4.69) is 5.32 Å². The van der Waals surface area contributed by atoms with Gasteiger partial charge in [0.05, 0.1) is 11.9 Å². The second-order valence-electron chi connectivity index (χ2n) is 6.09. The lowest BCUT2D eigenvalue weighted by Gasteiger charge is -2.28. The average molecular weight is 368 g/mol. The molecule has 0 aliphatic carbocycles. The number of para-hydroxylation sites is 1. The molecule has 26 heavy (non-hydrogen) atoms. The van der Waals surface area contributed by atoms with Gasteiger partial charge >= 0.3 is 0 Å². The first-order chi connectivity index (χ1) is 12.4. The van der Waals surface area contributed by atoms with Crippen molar-refractivity contribution in [3.63, 3.8) is 0 Å². The van der Waals surface area contributed by atoms with Crippen LogP contribution in [0.4, 0.5) is 11.4 Å². The summed E-state index contributed by atoms with van der Waals surface area (Å²) in [6.07, 6.45) is 1.10. The van der Waals surface area contributed by atoms with Gasteiger partial charge in [-0.25, -0.2) is 8.42 Å². The van der Waals surface area contributed by atoms with Crippen molar-refractivity contribution >= 4 is 38.1 Å². The van der Waals surface area contributed by atoms with Crippen molar-refractivity contribution in [1.82, 2.24) is 0 Å². The molecular weight excluding hydrogens is 348 g/mol. The van der Waals surface area contributed by atoms with Crippen LogP contribution in [0.3, 0.4) is 0 Å². The highest BCUT2D eigenvalue weighted by atomic mass is 32.2. The number of fused-ring (bicyclic) bond motifs is 1. The van der Waals surface area contributed by atoms with E-state index in [-0.39, 0.29) is 0 Å². The van der Waals surface area contributed by atoms with Crippen molar-refractivity contribution in [3.05, 3.63) is 72.8 Å². The maximum Gasteiger partial charge on any atom is 0.248 e. The molecule has 0 bridgehead atoms. The summed E-state index contributed by atoms with van der Waals surface area (Å²) in [5, 5.41) is 4.77. The number of anilines is 2. The maximum absolute atomic E-state index is 12.8. The van der Waals surface area contributed by atoms with Crippen molar-refractivity contribution in [2.24, 2.45) is 0 Å². The second kappa shape index (κ2) is 7.17. The van der Waals surface area contributed by atoms with E-state index in [0.29, 0.717) is 11.4 Å². The second-order valence-corrected chi connectivity index (χ2v) is 7.95.